The molecule has 0 aromatic heterocycles. The van der Waals surface area contributed by atoms with Crippen molar-refractivity contribution in [1.29, 1.82) is 0 Å². The van der Waals surface area contributed by atoms with Crippen molar-refractivity contribution in [1.82, 2.24) is 0 Å². The van der Waals surface area contributed by atoms with Crippen LogP contribution >= 0.6 is 0 Å². The number of ether oxygens (including phenoxy) is 1. The summed E-state index contributed by atoms with van der Waals surface area (Å²) in [4.78, 5) is 0. The fourth-order valence-electron chi connectivity index (χ4n) is 2.05. The van der Waals surface area contributed by atoms with Gasteiger partial charge in [-0.3, -0.25) is 0 Å². The summed E-state index contributed by atoms with van der Waals surface area (Å²) >= 11 is 0. The Bertz CT molecular complexity index is 363. The molecule has 0 bridgehead atoms. The molecule has 2 rings (SSSR count). The minimum atomic E-state index is -0.228. The van der Waals surface area contributed by atoms with E-state index in [1.165, 1.54) is 12.8 Å². The lowest BCUT2D eigenvalue weighted by Gasteiger charge is -2.30. The van der Waals surface area contributed by atoms with E-state index < -0.39 is 0 Å². The van der Waals surface area contributed by atoms with Gasteiger partial charge in [-0.05, 0) is 37.8 Å². The number of rotatable bonds is 5. The molecule has 1 fully saturated rings. The molecular formula is C13H19NO2. The molecule has 1 aliphatic rings. The molecule has 1 aliphatic carbocycles. The van der Waals surface area contributed by atoms with Crippen molar-refractivity contribution >= 4 is 5.69 Å². The largest absolute Gasteiger partial charge is 0.495 e. The van der Waals surface area contributed by atoms with Crippen molar-refractivity contribution in [3.63, 3.8) is 0 Å². The Hall–Kier alpha value is -1.22. The number of hydrogen-bond acceptors (Lipinski definition) is 3. The van der Waals surface area contributed by atoms with Gasteiger partial charge in [-0.15, -0.1) is 0 Å². The summed E-state index contributed by atoms with van der Waals surface area (Å²) in [6, 6.07) is 7.81. The van der Waals surface area contributed by atoms with Gasteiger partial charge in [0.05, 0.1) is 24.9 Å². The summed E-state index contributed by atoms with van der Waals surface area (Å²) < 4.78 is 5.29. The second-order valence-electron chi connectivity index (χ2n) is 4.68. The summed E-state index contributed by atoms with van der Waals surface area (Å²) in [6.45, 7) is 2.22. The molecule has 88 valence electrons. The monoisotopic (exact) mass is 221 g/mol. The van der Waals surface area contributed by atoms with E-state index in [9.17, 15) is 5.11 Å². The van der Waals surface area contributed by atoms with E-state index in [1.54, 1.807) is 7.11 Å². The molecule has 1 saturated carbocycles. The quantitative estimate of drug-likeness (QED) is 0.801. The molecular weight excluding hydrogens is 202 g/mol. The highest BCUT2D eigenvalue weighted by atomic mass is 16.5. The van der Waals surface area contributed by atoms with Crippen molar-refractivity contribution < 1.29 is 9.84 Å². The number of benzene rings is 1. The highest BCUT2D eigenvalue weighted by molar-refractivity contribution is 5.57. The molecule has 0 radical (unpaired) electrons. The molecule has 1 aromatic rings. The number of hydrogen-bond donors (Lipinski definition) is 2. The van der Waals surface area contributed by atoms with E-state index in [2.05, 4.69) is 12.2 Å². The smallest absolute Gasteiger partial charge is 0.141 e. The lowest BCUT2D eigenvalue weighted by molar-refractivity contribution is 0.205. The average Bonchev–Trinajstić information content (AvgIpc) is 3.14. The molecule has 0 aliphatic heterocycles. The maximum atomic E-state index is 9.52. The molecule has 1 atom stereocenters. The number of aliphatic hydroxyl groups is 1. The number of nitrogens with one attached hydrogen (secondary N) is 1. The first-order valence-electron chi connectivity index (χ1n) is 5.71. The molecule has 1 aromatic carbocycles. The van der Waals surface area contributed by atoms with Gasteiger partial charge in [0.15, 0.2) is 0 Å². The third-order valence-corrected chi connectivity index (χ3v) is 3.33. The van der Waals surface area contributed by atoms with Crippen LogP contribution in [0, 0.1) is 5.92 Å². The normalized spacial score (nSPS) is 18.9. The van der Waals surface area contributed by atoms with Gasteiger partial charge >= 0.3 is 0 Å². The number of aliphatic hydroxyl groups excluding tert-OH is 1. The van der Waals surface area contributed by atoms with Crippen LogP contribution in [-0.2, 0) is 0 Å². The molecule has 0 saturated heterocycles. The second kappa shape index (κ2) is 4.34. The summed E-state index contributed by atoms with van der Waals surface area (Å²) in [5.74, 6) is 1.39. The lowest BCUT2D eigenvalue weighted by atomic mass is 9.96. The maximum Gasteiger partial charge on any atom is 0.141 e. The Balaban J connectivity index is 2.18. The van der Waals surface area contributed by atoms with Gasteiger partial charge < -0.3 is 15.2 Å². The van der Waals surface area contributed by atoms with Gasteiger partial charge in [0, 0.05) is 0 Å². The number of para-hydroxylation sites is 2. The van der Waals surface area contributed by atoms with Gasteiger partial charge in [-0.1, -0.05) is 12.1 Å². The molecule has 0 heterocycles. The third-order valence-electron chi connectivity index (χ3n) is 3.33. The number of anilines is 1. The number of methoxy groups -OCH3 is 1. The van der Waals surface area contributed by atoms with E-state index in [0.29, 0.717) is 5.92 Å². The van der Waals surface area contributed by atoms with Gasteiger partial charge in [0.1, 0.15) is 5.75 Å². The fraction of sp³-hybridized carbons (Fsp3) is 0.538. The fourth-order valence-corrected chi connectivity index (χ4v) is 2.05. The van der Waals surface area contributed by atoms with E-state index >= 15 is 0 Å². The van der Waals surface area contributed by atoms with Gasteiger partial charge in [-0.2, -0.15) is 0 Å². The Morgan fingerprint density at radius 1 is 1.44 bits per heavy atom. The van der Waals surface area contributed by atoms with Gasteiger partial charge in [-0.25, -0.2) is 0 Å². The molecule has 0 spiro atoms. The third kappa shape index (κ3) is 2.14. The Labute approximate surface area is 96.4 Å². The SMILES string of the molecule is COc1ccccc1NC(C)(CO)C1CC1. The van der Waals surface area contributed by atoms with Crippen LogP contribution in [0.4, 0.5) is 5.69 Å². The Morgan fingerprint density at radius 2 is 2.12 bits per heavy atom. The Morgan fingerprint density at radius 3 is 2.69 bits per heavy atom. The molecule has 0 amide bonds. The van der Waals surface area contributed by atoms with E-state index in [1.807, 2.05) is 24.3 Å². The molecule has 3 heteroatoms. The van der Waals surface area contributed by atoms with Crippen LogP contribution in [-0.4, -0.2) is 24.4 Å². The van der Waals surface area contributed by atoms with Crippen molar-refractivity contribution in [2.75, 3.05) is 19.0 Å². The predicted molar refractivity (Wildman–Crippen MR) is 64.8 cm³/mol. The van der Waals surface area contributed by atoms with Crippen LogP contribution in [0.2, 0.25) is 0 Å². The van der Waals surface area contributed by atoms with Crippen LogP contribution in [0.5, 0.6) is 5.75 Å². The second-order valence-corrected chi connectivity index (χ2v) is 4.68. The maximum absolute atomic E-state index is 9.52. The Kier molecular flexibility index (Phi) is 3.06. The van der Waals surface area contributed by atoms with Crippen molar-refractivity contribution in [2.45, 2.75) is 25.3 Å². The van der Waals surface area contributed by atoms with Crippen molar-refractivity contribution in [3.8, 4) is 5.75 Å². The zero-order valence-corrected chi connectivity index (χ0v) is 9.86. The first-order chi connectivity index (χ1) is 7.69. The topological polar surface area (TPSA) is 41.5 Å². The standard InChI is InChI=1S/C13H19NO2/c1-13(9-15,10-7-8-10)14-11-5-3-4-6-12(11)16-2/h3-6,10,14-15H,7-9H2,1-2H3. The zero-order valence-electron chi connectivity index (χ0n) is 9.86. The van der Waals surface area contributed by atoms with Crippen LogP contribution < -0.4 is 10.1 Å². The van der Waals surface area contributed by atoms with Crippen LogP contribution in [0.15, 0.2) is 24.3 Å². The minimum absolute atomic E-state index is 0.149. The molecule has 16 heavy (non-hydrogen) atoms. The summed E-state index contributed by atoms with van der Waals surface area (Å²) in [5.41, 5.74) is 0.725. The molecule has 1 unspecified atom stereocenters. The van der Waals surface area contributed by atoms with E-state index in [0.717, 1.165) is 11.4 Å². The van der Waals surface area contributed by atoms with Crippen LogP contribution in [0.3, 0.4) is 0 Å². The first kappa shape index (κ1) is 11.3. The average molecular weight is 221 g/mol. The minimum Gasteiger partial charge on any atom is -0.495 e. The van der Waals surface area contributed by atoms with E-state index in [4.69, 9.17) is 4.74 Å². The van der Waals surface area contributed by atoms with Gasteiger partial charge in [0.25, 0.3) is 0 Å². The highest BCUT2D eigenvalue weighted by Gasteiger charge is 2.41. The van der Waals surface area contributed by atoms with Crippen LogP contribution in [0.25, 0.3) is 0 Å². The van der Waals surface area contributed by atoms with E-state index in [-0.39, 0.29) is 12.1 Å². The lowest BCUT2D eigenvalue weighted by Crippen LogP contribution is -2.41. The zero-order chi connectivity index (χ0) is 11.6. The molecule has 2 N–H and O–H groups in total. The van der Waals surface area contributed by atoms with Gasteiger partial charge in [0.2, 0.25) is 0 Å². The highest BCUT2D eigenvalue weighted by Crippen LogP contribution is 2.42. The predicted octanol–water partition coefficient (Wildman–Crippen LogP) is 2.27. The van der Waals surface area contributed by atoms with Crippen LogP contribution in [0.1, 0.15) is 19.8 Å². The summed E-state index contributed by atoms with van der Waals surface area (Å²) in [6.07, 6.45) is 2.39. The summed E-state index contributed by atoms with van der Waals surface area (Å²) in [7, 11) is 1.66. The van der Waals surface area contributed by atoms with Crippen molar-refractivity contribution in [3.05, 3.63) is 24.3 Å². The first-order valence-corrected chi connectivity index (χ1v) is 5.71. The van der Waals surface area contributed by atoms with Crippen molar-refractivity contribution in [2.24, 2.45) is 5.92 Å². The molecule has 3 nitrogen and oxygen atoms in total. The summed E-state index contributed by atoms with van der Waals surface area (Å²) in [5, 5.41) is 12.9.